The standard InChI is InChI=1S/C8H10Cl2N2O2S/c1-12(2)11-15(13,14)8-5-6(9)3-4-7(8)10/h3-5,11H,1-2H3. The van der Waals surface area contributed by atoms with Gasteiger partial charge in [-0.1, -0.05) is 23.2 Å². The molecule has 0 spiro atoms. The first kappa shape index (κ1) is 12.7. The third kappa shape index (κ3) is 3.32. The predicted octanol–water partition coefficient (Wildman–Crippen LogP) is 1.75. The third-order valence-corrected chi connectivity index (χ3v) is 3.68. The second kappa shape index (κ2) is 4.67. The number of halogens is 2. The van der Waals surface area contributed by atoms with Crippen molar-refractivity contribution in [1.82, 2.24) is 9.84 Å². The van der Waals surface area contributed by atoms with E-state index in [-0.39, 0.29) is 9.92 Å². The van der Waals surface area contributed by atoms with Crippen molar-refractivity contribution < 1.29 is 8.42 Å². The Labute approximate surface area is 98.8 Å². The average Bonchev–Trinajstić information content (AvgIpc) is 2.06. The summed E-state index contributed by atoms with van der Waals surface area (Å²) in [5.74, 6) is 0. The maximum Gasteiger partial charge on any atom is 0.254 e. The SMILES string of the molecule is CN(C)NS(=O)(=O)c1cc(Cl)ccc1Cl. The van der Waals surface area contributed by atoms with E-state index in [4.69, 9.17) is 23.2 Å². The minimum atomic E-state index is -3.65. The van der Waals surface area contributed by atoms with Crippen molar-refractivity contribution in [2.24, 2.45) is 0 Å². The van der Waals surface area contributed by atoms with Gasteiger partial charge in [-0.3, -0.25) is 0 Å². The predicted molar refractivity (Wildman–Crippen MR) is 60.5 cm³/mol. The molecule has 15 heavy (non-hydrogen) atoms. The molecule has 0 aliphatic rings. The van der Waals surface area contributed by atoms with Gasteiger partial charge in [0.1, 0.15) is 4.90 Å². The molecule has 0 aliphatic carbocycles. The molecule has 0 atom stereocenters. The molecule has 0 radical (unpaired) electrons. The topological polar surface area (TPSA) is 49.4 Å². The number of benzene rings is 1. The molecule has 0 saturated heterocycles. The number of nitrogens with one attached hydrogen (secondary N) is 1. The number of nitrogens with zero attached hydrogens (tertiary/aromatic N) is 1. The fraction of sp³-hybridized carbons (Fsp3) is 0.250. The molecule has 7 heteroatoms. The summed E-state index contributed by atoms with van der Waals surface area (Å²) in [5, 5.41) is 1.76. The van der Waals surface area contributed by atoms with Gasteiger partial charge in [-0.15, -0.1) is 4.83 Å². The van der Waals surface area contributed by atoms with Gasteiger partial charge in [-0.25, -0.2) is 13.4 Å². The zero-order valence-electron chi connectivity index (χ0n) is 8.16. The smallest absolute Gasteiger partial charge is 0.237 e. The lowest BCUT2D eigenvalue weighted by atomic mass is 10.4. The number of sulfonamides is 1. The number of hydrazine groups is 1. The highest BCUT2D eigenvalue weighted by Gasteiger charge is 2.18. The maximum absolute atomic E-state index is 11.7. The van der Waals surface area contributed by atoms with Crippen molar-refractivity contribution in [3.05, 3.63) is 28.2 Å². The van der Waals surface area contributed by atoms with Gasteiger partial charge in [-0.2, -0.15) is 0 Å². The fourth-order valence-corrected chi connectivity index (χ4v) is 2.82. The van der Waals surface area contributed by atoms with Crippen LogP contribution in [0.15, 0.2) is 23.1 Å². The Hall–Kier alpha value is -0.330. The monoisotopic (exact) mass is 268 g/mol. The molecule has 0 aliphatic heterocycles. The Morgan fingerprint density at radius 1 is 1.27 bits per heavy atom. The lowest BCUT2D eigenvalue weighted by Crippen LogP contribution is -2.36. The average molecular weight is 269 g/mol. The van der Waals surface area contributed by atoms with Crippen molar-refractivity contribution in [2.75, 3.05) is 14.1 Å². The second-order valence-corrected chi connectivity index (χ2v) is 5.54. The first-order valence-electron chi connectivity index (χ1n) is 3.98. The van der Waals surface area contributed by atoms with Gasteiger partial charge in [0.25, 0.3) is 10.0 Å². The molecule has 0 aromatic heterocycles. The fourth-order valence-electron chi connectivity index (χ4n) is 0.973. The summed E-state index contributed by atoms with van der Waals surface area (Å²) in [6.07, 6.45) is 0. The largest absolute Gasteiger partial charge is 0.254 e. The first-order valence-corrected chi connectivity index (χ1v) is 6.21. The highest BCUT2D eigenvalue weighted by atomic mass is 35.5. The summed E-state index contributed by atoms with van der Waals surface area (Å²) in [7, 11) is -0.522. The molecule has 1 aromatic rings. The highest BCUT2D eigenvalue weighted by molar-refractivity contribution is 7.89. The van der Waals surface area contributed by atoms with E-state index < -0.39 is 10.0 Å². The maximum atomic E-state index is 11.7. The molecule has 0 amide bonds. The van der Waals surface area contributed by atoms with Crippen LogP contribution in [0.2, 0.25) is 10.0 Å². The molecule has 0 saturated carbocycles. The molecule has 0 fully saturated rings. The molecule has 1 N–H and O–H groups in total. The van der Waals surface area contributed by atoms with E-state index in [0.29, 0.717) is 5.02 Å². The van der Waals surface area contributed by atoms with Gasteiger partial charge in [0.2, 0.25) is 0 Å². The minimum absolute atomic E-state index is 0.0367. The van der Waals surface area contributed by atoms with Crippen LogP contribution in [0.1, 0.15) is 0 Å². The molecular formula is C8H10Cl2N2O2S. The van der Waals surface area contributed by atoms with Crippen LogP contribution in [0.3, 0.4) is 0 Å². The van der Waals surface area contributed by atoms with Crippen LogP contribution in [-0.2, 0) is 10.0 Å². The Balaban J connectivity index is 3.21. The summed E-state index contributed by atoms with van der Waals surface area (Å²) < 4.78 is 23.4. The number of hydrogen-bond donors (Lipinski definition) is 1. The van der Waals surface area contributed by atoms with E-state index in [1.165, 1.54) is 23.2 Å². The molecule has 0 bridgehead atoms. The molecule has 0 heterocycles. The van der Waals surface area contributed by atoms with Gasteiger partial charge in [-0.05, 0) is 18.2 Å². The van der Waals surface area contributed by atoms with Crippen molar-refractivity contribution in [3.8, 4) is 0 Å². The highest BCUT2D eigenvalue weighted by Crippen LogP contribution is 2.24. The van der Waals surface area contributed by atoms with Crippen LogP contribution in [0.5, 0.6) is 0 Å². The van der Waals surface area contributed by atoms with E-state index in [1.54, 1.807) is 14.1 Å². The van der Waals surface area contributed by atoms with Crippen LogP contribution in [0, 0.1) is 0 Å². The summed E-state index contributed by atoms with van der Waals surface area (Å²) in [6.45, 7) is 0. The van der Waals surface area contributed by atoms with Crippen molar-refractivity contribution >= 4 is 33.2 Å². The molecule has 1 aromatic carbocycles. The third-order valence-electron chi connectivity index (χ3n) is 1.49. The minimum Gasteiger partial charge on any atom is -0.237 e. The normalized spacial score (nSPS) is 12.1. The molecule has 84 valence electrons. The second-order valence-electron chi connectivity index (χ2n) is 3.06. The van der Waals surface area contributed by atoms with Gasteiger partial charge in [0.15, 0.2) is 0 Å². The Kier molecular flexibility index (Phi) is 3.97. The molecular weight excluding hydrogens is 259 g/mol. The van der Waals surface area contributed by atoms with Crippen molar-refractivity contribution in [1.29, 1.82) is 0 Å². The Morgan fingerprint density at radius 2 is 1.87 bits per heavy atom. The zero-order valence-corrected chi connectivity index (χ0v) is 10.5. The van der Waals surface area contributed by atoms with Gasteiger partial charge in [0.05, 0.1) is 5.02 Å². The van der Waals surface area contributed by atoms with Gasteiger partial charge < -0.3 is 0 Å². The lowest BCUT2D eigenvalue weighted by molar-refractivity contribution is 0.364. The van der Waals surface area contributed by atoms with Crippen molar-refractivity contribution in [2.45, 2.75) is 4.90 Å². The van der Waals surface area contributed by atoms with Gasteiger partial charge >= 0.3 is 0 Å². The lowest BCUT2D eigenvalue weighted by Gasteiger charge is -2.13. The van der Waals surface area contributed by atoms with E-state index in [2.05, 4.69) is 4.83 Å². The van der Waals surface area contributed by atoms with Crippen LogP contribution in [0.4, 0.5) is 0 Å². The first-order chi connectivity index (χ1) is 6.83. The van der Waals surface area contributed by atoms with E-state index in [0.717, 1.165) is 0 Å². The Morgan fingerprint density at radius 3 is 2.40 bits per heavy atom. The molecule has 1 rings (SSSR count). The summed E-state index contributed by atoms with van der Waals surface area (Å²) in [4.78, 5) is 2.23. The van der Waals surface area contributed by atoms with Gasteiger partial charge in [0, 0.05) is 19.1 Å². The summed E-state index contributed by atoms with van der Waals surface area (Å²) >= 11 is 11.5. The van der Waals surface area contributed by atoms with Crippen LogP contribution < -0.4 is 4.83 Å². The molecule has 4 nitrogen and oxygen atoms in total. The Bertz CT molecular complexity index is 460. The summed E-state index contributed by atoms with van der Waals surface area (Å²) in [5.41, 5.74) is 0. The van der Waals surface area contributed by atoms with Crippen molar-refractivity contribution in [3.63, 3.8) is 0 Å². The van der Waals surface area contributed by atoms with Crippen LogP contribution >= 0.6 is 23.2 Å². The van der Waals surface area contributed by atoms with E-state index in [9.17, 15) is 8.42 Å². The van der Waals surface area contributed by atoms with Crippen LogP contribution in [-0.4, -0.2) is 27.5 Å². The summed E-state index contributed by atoms with van der Waals surface area (Å²) in [6, 6.07) is 4.27. The van der Waals surface area contributed by atoms with E-state index >= 15 is 0 Å². The quantitative estimate of drug-likeness (QED) is 0.850. The number of rotatable bonds is 3. The van der Waals surface area contributed by atoms with Crippen LogP contribution in [0.25, 0.3) is 0 Å². The number of hydrogen-bond acceptors (Lipinski definition) is 3. The van der Waals surface area contributed by atoms with E-state index in [1.807, 2.05) is 0 Å². The zero-order chi connectivity index (χ0) is 11.6. The molecule has 0 unspecified atom stereocenters.